The number of hydrogen-bond acceptors (Lipinski definition) is 3. The molecule has 1 atom stereocenters. The van der Waals surface area contributed by atoms with Crippen molar-refractivity contribution in [3.63, 3.8) is 0 Å². The fourth-order valence-corrected chi connectivity index (χ4v) is 6.10. The van der Waals surface area contributed by atoms with Crippen LogP contribution < -0.4 is 5.32 Å². The van der Waals surface area contributed by atoms with Gasteiger partial charge in [0.25, 0.3) is 0 Å². The van der Waals surface area contributed by atoms with Gasteiger partial charge in [-0.2, -0.15) is 0 Å². The summed E-state index contributed by atoms with van der Waals surface area (Å²) in [5.41, 5.74) is 0.271. The fraction of sp³-hybridized carbons (Fsp3) is 0.812. The molecular formula is C16H26N2O3S. The maximum Gasteiger partial charge on any atom is 0.317 e. The predicted octanol–water partition coefficient (Wildman–Crippen LogP) is 1.81. The zero-order valence-electron chi connectivity index (χ0n) is 13.4. The normalized spacial score (nSPS) is 28.7. The van der Waals surface area contributed by atoms with Gasteiger partial charge in [0.15, 0.2) is 9.84 Å². The van der Waals surface area contributed by atoms with Crippen molar-refractivity contribution in [1.29, 1.82) is 0 Å². The zero-order chi connectivity index (χ0) is 16.0. The Hall–Kier alpha value is -1.04. The molecule has 0 aromatic heterocycles. The number of allylic oxidation sites excluding steroid dienone is 2. The van der Waals surface area contributed by atoms with Gasteiger partial charge in [-0.25, -0.2) is 13.2 Å². The fourth-order valence-electron chi connectivity index (χ4n) is 4.43. The third-order valence-electron chi connectivity index (χ3n) is 5.36. The van der Waals surface area contributed by atoms with Crippen molar-refractivity contribution in [2.24, 2.45) is 17.3 Å². The van der Waals surface area contributed by atoms with E-state index in [-0.39, 0.29) is 28.9 Å². The Bertz CT molecular complexity index is 562. The first-order valence-electron chi connectivity index (χ1n) is 8.23. The molecule has 2 saturated heterocycles. The van der Waals surface area contributed by atoms with Crippen LogP contribution >= 0.6 is 0 Å². The van der Waals surface area contributed by atoms with Crippen molar-refractivity contribution >= 4 is 15.9 Å². The molecule has 0 aromatic rings. The van der Waals surface area contributed by atoms with Gasteiger partial charge >= 0.3 is 6.03 Å². The van der Waals surface area contributed by atoms with Gasteiger partial charge in [0.05, 0.1) is 11.5 Å². The third kappa shape index (κ3) is 2.77. The molecule has 2 aliphatic heterocycles. The summed E-state index contributed by atoms with van der Waals surface area (Å²) in [5, 5.41) is 2.97. The van der Waals surface area contributed by atoms with Gasteiger partial charge in [-0.3, -0.25) is 0 Å². The van der Waals surface area contributed by atoms with Crippen molar-refractivity contribution in [2.75, 3.05) is 24.6 Å². The summed E-state index contributed by atoms with van der Waals surface area (Å²) in [5.74, 6) is 1.26. The maximum absolute atomic E-state index is 12.4. The van der Waals surface area contributed by atoms with Gasteiger partial charge in [0.2, 0.25) is 0 Å². The number of likely N-dealkylation sites (tertiary alicyclic amines) is 1. The summed E-state index contributed by atoms with van der Waals surface area (Å²) in [6.45, 7) is 5.78. The lowest BCUT2D eigenvalue weighted by Gasteiger charge is -2.58. The van der Waals surface area contributed by atoms with Crippen molar-refractivity contribution in [3.8, 4) is 0 Å². The molecular weight excluding hydrogens is 300 g/mol. The molecule has 2 fully saturated rings. The molecule has 2 amide bonds. The average molecular weight is 326 g/mol. The number of nitrogens with one attached hydrogen (secondary N) is 1. The topological polar surface area (TPSA) is 66.5 Å². The third-order valence-corrected chi connectivity index (χ3v) is 7.32. The Labute approximate surface area is 133 Å². The molecule has 124 valence electrons. The molecule has 0 aromatic carbocycles. The standard InChI is InChI=1S/C16H26N2O3S/c1-12(2)14-16(6-3-4-7-16)11-18(14)15(19)17-8-5-13-9-22(20,21)10-13/h3-4,12-14H,5-11H2,1-2H3,(H,17,19). The quantitative estimate of drug-likeness (QED) is 0.801. The molecule has 3 rings (SSSR count). The van der Waals surface area contributed by atoms with E-state index in [0.717, 1.165) is 25.8 Å². The predicted molar refractivity (Wildman–Crippen MR) is 86.3 cm³/mol. The summed E-state index contributed by atoms with van der Waals surface area (Å²) in [4.78, 5) is 14.3. The monoisotopic (exact) mass is 326 g/mol. The molecule has 5 nitrogen and oxygen atoms in total. The van der Waals surface area contributed by atoms with Gasteiger partial charge < -0.3 is 10.2 Å². The Morgan fingerprint density at radius 2 is 1.95 bits per heavy atom. The number of carbonyl (C=O) groups is 1. The van der Waals surface area contributed by atoms with Gasteiger partial charge in [0.1, 0.15) is 0 Å². The van der Waals surface area contributed by atoms with Crippen LogP contribution in [0.1, 0.15) is 33.1 Å². The number of carbonyl (C=O) groups excluding carboxylic acids is 1. The van der Waals surface area contributed by atoms with Crippen LogP contribution in [-0.4, -0.2) is 50.0 Å². The van der Waals surface area contributed by atoms with Crippen LogP contribution in [0.4, 0.5) is 4.79 Å². The van der Waals surface area contributed by atoms with Crippen LogP contribution in [0.15, 0.2) is 12.2 Å². The van der Waals surface area contributed by atoms with Crippen molar-refractivity contribution in [2.45, 2.75) is 39.2 Å². The average Bonchev–Trinajstić information content (AvgIpc) is 2.83. The van der Waals surface area contributed by atoms with Crippen LogP contribution in [0.3, 0.4) is 0 Å². The van der Waals surface area contributed by atoms with E-state index in [4.69, 9.17) is 0 Å². The van der Waals surface area contributed by atoms with Crippen molar-refractivity contribution in [3.05, 3.63) is 12.2 Å². The molecule has 1 N–H and O–H groups in total. The second-order valence-electron chi connectivity index (χ2n) is 7.52. The van der Waals surface area contributed by atoms with Crippen molar-refractivity contribution < 1.29 is 13.2 Å². The minimum Gasteiger partial charge on any atom is -0.338 e. The molecule has 0 bridgehead atoms. The highest BCUT2D eigenvalue weighted by Crippen LogP contribution is 2.50. The van der Waals surface area contributed by atoms with Gasteiger partial charge in [-0.05, 0) is 31.1 Å². The Kier molecular flexibility index (Phi) is 4.00. The highest BCUT2D eigenvalue weighted by atomic mass is 32.2. The summed E-state index contributed by atoms with van der Waals surface area (Å²) in [7, 11) is -2.76. The molecule has 22 heavy (non-hydrogen) atoms. The molecule has 6 heteroatoms. The smallest absolute Gasteiger partial charge is 0.317 e. The summed E-state index contributed by atoms with van der Waals surface area (Å²) < 4.78 is 22.2. The lowest BCUT2D eigenvalue weighted by Crippen LogP contribution is -2.69. The molecule has 0 radical (unpaired) electrons. The summed E-state index contributed by atoms with van der Waals surface area (Å²) in [6, 6.07) is 0.324. The largest absolute Gasteiger partial charge is 0.338 e. The minimum absolute atomic E-state index is 0.0124. The van der Waals surface area contributed by atoms with E-state index in [9.17, 15) is 13.2 Å². The van der Waals surface area contributed by atoms with Crippen LogP contribution in [-0.2, 0) is 9.84 Å². The van der Waals surface area contributed by atoms with E-state index in [0.29, 0.717) is 18.5 Å². The van der Waals surface area contributed by atoms with Crippen LogP contribution in [0, 0.1) is 17.3 Å². The van der Waals surface area contributed by atoms with E-state index in [2.05, 4.69) is 31.3 Å². The second kappa shape index (κ2) is 5.55. The lowest BCUT2D eigenvalue weighted by atomic mass is 9.65. The highest BCUT2D eigenvalue weighted by molar-refractivity contribution is 7.92. The van der Waals surface area contributed by atoms with E-state index in [1.807, 2.05) is 4.90 Å². The molecule has 1 unspecified atom stereocenters. The van der Waals surface area contributed by atoms with Crippen molar-refractivity contribution in [1.82, 2.24) is 10.2 Å². The number of urea groups is 1. The Balaban J connectivity index is 1.46. The van der Waals surface area contributed by atoms with Crippen LogP contribution in [0.5, 0.6) is 0 Å². The molecule has 0 saturated carbocycles. The van der Waals surface area contributed by atoms with Gasteiger partial charge in [-0.15, -0.1) is 0 Å². The number of nitrogens with zero attached hydrogens (tertiary/aromatic N) is 1. The lowest BCUT2D eigenvalue weighted by molar-refractivity contribution is -0.0575. The highest BCUT2D eigenvalue weighted by Gasteiger charge is 2.55. The van der Waals surface area contributed by atoms with Gasteiger partial charge in [-0.1, -0.05) is 26.0 Å². The second-order valence-corrected chi connectivity index (χ2v) is 9.68. The number of hydrogen-bond donors (Lipinski definition) is 1. The summed E-state index contributed by atoms with van der Waals surface area (Å²) in [6.07, 6.45) is 7.40. The van der Waals surface area contributed by atoms with E-state index >= 15 is 0 Å². The summed E-state index contributed by atoms with van der Waals surface area (Å²) >= 11 is 0. The van der Waals surface area contributed by atoms with Crippen LogP contribution in [0.2, 0.25) is 0 Å². The van der Waals surface area contributed by atoms with E-state index < -0.39 is 9.84 Å². The number of rotatable bonds is 4. The van der Waals surface area contributed by atoms with Gasteiger partial charge in [0, 0.05) is 24.5 Å². The first-order valence-corrected chi connectivity index (χ1v) is 10.0. The molecule has 1 spiro atoms. The van der Waals surface area contributed by atoms with E-state index in [1.165, 1.54) is 0 Å². The molecule has 1 aliphatic carbocycles. The number of sulfone groups is 1. The first-order chi connectivity index (χ1) is 10.3. The first kappa shape index (κ1) is 15.8. The molecule has 3 aliphatic rings. The maximum atomic E-state index is 12.4. The Morgan fingerprint density at radius 3 is 2.50 bits per heavy atom. The zero-order valence-corrected chi connectivity index (χ0v) is 14.2. The van der Waals surface area contributed by atoms with Crippen LogP contribution in [0.25, 0.3) is 0 Å². The SMILES string of the molecule is CC(C)C1N(C(=O)NCCC2CS(=O)(=O)C2)CC12CC=CC2. The Morgan fingerprint density at radius 1 is 1.32 bits per heavy atom. The van der Waals surface area contributed by atoms with E-state index in [1.54, 1.807) is 0 Å². The minimum atomic E-state index is -2.76. The number of amides is 2. The molecule has 2 heterocycles.